The molecule has 46 heavy (non-hydrogen) atoms. The first-order valence-corrected chi connectivity index (χ1v) is 16.5. The summed E-state index contributed by atoms with van der Waals surface area (Å²) < 4.78 is 14.7. The summed E-state index contributed by atoms with van der Waals surface area (Å²) in [4.78, 5) is 47.8. The summed E-state index contributed by atoms with van der Waals surface area (Å²) in [6, 6.07) is 8.86. The third-order valence-electron chi connectivity index (χ3n) is 9.69. The van der Waals surface area contributed by atoms with Gasteiger partial charge in [-0.1, -0.05) is 37.1 Å². The molecule has 2 atom stereocenters. The summed E-state index contributed by atoms with van der Waals surface area (Å²) in [5.74, 6) is 0.173. The maximum absolute atomic E-state index is 13.6. The first-order valence-electron chi connectivity index (χ1n) is 16.2. The van der Waals surface area contributed by atoms with Crippen LogP contribution in [0.2, 0.25) is 5.15 Å². The van der Waals surface area contributed by atoms with Crippen LogP contribution in [-0.4, -0.2) is 84.6 Å². The van der Waals surface area contributed by atoms with Crippen molar-refractivity contribution < 1.29 is 24.2 Å². The third kappa shape index (κ3) is 6.29. The number of ether oxygens (including phenoxy) is 2. The van der Waals surface area contributed by atoms with Gasteiger partial charge in [0.05, 0.1) is 42.8 Å². The summed E-state index contributed by atoms with van der Waals surface area (Å²) in [6.07, 6.45) is 4.66. The van der Waals surface area contributed by atoms with Crippen molar-refractivity contribution >= 4 is 34.6 Å². The Morgan fingerprint density at radius 1 is 1.13 bits per heavy atom. The third-order valence-corrected chi connectivity index (χ3v) is 9.97. The van der Waals surface area contributed by atoms with E-state index in [1.807, 2.05) is 63.8 Å². The minimum Gasteiger partial charge on any atom is -0.444 e. The molecular weight excluding hydrogens is 610 g/mol. The van der Waals surface area contributed by atoms with Gasteiger partial charge in [0.2, 0.25) is 5.91 Å². The lowest BCUT2D eigenvalue weighted by molar-refractivity contribution is -0.150. The fourth-order valence-electron chi connectivity index (χ4n) is 6.79. The molecule has 2 aromatic heterocycles. The Kier molecular flexibility index (Phi) is 8.48. The van der Waals surface area contributed by atoms with E-state index in [9.17, 15) is 19.5 Å². The van der Waals surface area contributed by atoms with Gasteiger partial charge in [0.1, 0.15) is 17.1 Å². The number of morpholine rings is 1. The van der Waals surface area contributed by atoms with Crippen molar-refractivity contribution in [1.82, 2.24) is 23.9 Å². The number of likely N-dealkylation sites (tertiary alicyclic amines) is 1. The Hall–Kier alpha value is -3.41. The molecule has 1 aromatic carbocycles. The molecule has 4 heterocycles. The Bertz CT molecular complexity index is 1680. The van der Waals surface area contributed by atoms with E-state index in [1.165, 1.54) is 10.9 Å². The van der Waals surface area contributed by atoms with Crippen molar-refractivity contribution in [3.8, 4) is 5.69 Å². The molecule has 2 aliphatic heterocycles. The van der Waals surface area contributed by atoms with Gasteiger partial charge in [-0.3, -0.25) is 23.6 Å². The van der Waals surface area contributed by atoms with Gasteiger partial charge in [0, 0.05) is 24.2 Å². The molecule has 3 fully saturated rings. The zero-order chi connectivity index (χ0) is 33.0. The molecule has 0 radical (unpaired) electrons. The van der Waals surface area contributed by atoms with Crippen molar-refractivity contribution in [2.75, 3.05) is 26.2 Å². The SMILES string of the molecule is C[C@H]1CN(C(=O)OC(C)(C)C)[C@H](c2ccc(-n3c(Cl)cc4c(=O)n(CC5(O)CCN(C(=O)C6(C)CCC6)CC5)cnc43)cc2)CO1. The van der Waals surface area contributed by atoms with Crippen molar-refractivity contribution in [1.29, 1.82) is 0 Å². The standard InChI is InChI=1S/C34H44ClN5O6/c1-22-18-39(31(43)46-32(2,3)4)26(19-45-22)23-7-9-24(10-8-23)40-27(35)17-25-28(40)36-21-38(29(25)41)20-34(44)13-15-37(16-14-34)30(42)33(5)11-6-12-33/h7-10,17,21-22,26,44H,6,11-16,18-20H2,1-5H3/t22-,26-/m0/s1. The van der Waals surface area contributed by atoms with E-state index in [1.54, 1.807) is 15.5 Å². The number of carbonyl (C=O) groups is 2. The van der Waals surface area contributed by atoms with Gasteiger partial charge < -0.3 is 19.5 Å². The highest BCUT2D eigenvalue weighted by Gasteiger charge is 2.44. The van der Waals surface area contributed by atoms with E-state index < -0.39 is 11.2 Å². The van der Waals surface area contributed by atoms with E-state index >= 15 is 0 Å². The van der Waals surface area contributed by atoms with Crippen LogP contribution < -0.4 is 5.56 Å². The van der Waals surface area contributed by atoms with Gasteiger partial charge in [0.25, 0.3) is 5.56 Å². The quantitative estimate of drug-likeness (QED) is 0.408. The number of aliphatic hydroxyl groups is 1. The summed E-state index contributed by atoms with van der Waals surface area (Å²) in [6.45, 7) is 11.3. The molecule has 248 valence electrons. The minimum absolute atomic E-state index is 0.0851. The van der Waals surface area contributed by atoms with Gasteiger partial charge in [0.15, 0.2) is 5.65 Å². The number of rotatable bonds is 5. The zero-order valence-corrected chi connectivity index (χ0v) is 28.0. The molecular formula is C34H44ClN5O6. The normalized spacial score (nSPS) is 22.8. The monoisotopic (exact) mass is 653 g/mol. The molecule has 3 aromatic rings. The van der Waals surface area contributed by atoms with Crippen molar-refractivity contribution in [2.45, 2.75) is 96.6 Å². The zero-order valence-electron chi connectivity index (χ0n) is 27.3. The van der Waals surface area contributed by atoms with Crippen LogP contribution in [0.15, 0.2) is 41.5 Å². The highest BCUT2D eigenvalue weighted by Crippen LogP contribution is 2.42. The Labute approximate surface area is 274 Å². The lowest BCUT2D eigenvalue weighted by Crippen LogP contribution is -2.54. The summed E-state index contributed by atoms with van der Waals surface area (Å²) in [7, 11) is 0. The minimum atomic E-state index is -1.12. The van der Waals surface area contributed by atoms with Crippen LogP contribution in [0, 0.1) is 5.41 Å². The molecule has 6 rings (SSSR count). The molecule has 12 heteroatoms. The van der Waals surface area contributed by atoms with Crippen LogP contribution in [0.25, 0.3) is 16.7 Å². The number of nitrogens with zero attached hydrogens (tertiary/aromatic N) is 5. The van der Waals surface area contributed by atoms with Crippen LogP contribution in [-0.2, 0) is 20.8 Å². The number of aromatic nitrogens is 3. The summed E-state index contributed by atoms with van der Waals surface area (Å²) in [5.41, 5.74) is -0.299. The Balaban J connectivity index is 1.19. The smallest absolute Gasteiger partial charge is 0.410 e. The van der Waals surface area contributed by atoms with Crippen LogP contribution in [0.1, 0.15) is 78.3 Å². The van der Waals surface area contributed by atoms with Crippen molar-refractivity contribution in [3.63, 3.8) is 0 Å². The first-order chi connectivity index (χ1) is 21.7. The second-order valence-corrected chi connectivity index (χ2v) is 14.9. The predicted octanol–water partition coefficient (Wildman–Crippen LogP) is 5.08. The molecule has 2 amide bonds. The molecule has 1 N–H and O–H groups in total. The van der Waals surface area contributed by atoms with Gasteiger partial charge in [-0.25, -0.2) is 9.78 Å². The first kappa shape index (κ1) is 32.5. The van der Waals surface area contributed by atoms with E-state index in [4.69, 9.17) is 21.1 Å². The number of fused-ring (bicyclic) bond motifs is 1. The average molecular weight is 654 g/mol. The second-order valence-electron chi connectivity index (χ2n) is 14.5. The number of benzene rings is 1. The van der Waals surface area contributed by atoms with Gasteiger partial charge >= 0.3 is 6.09 Å². The van der Waals surface area contributed by atoms with Gasteiger partial charge in [-0.05, 0) is 77.1 Å². The maximum atomic E-state index is 13.6. The van der Waals surface area contributed by atoms with Crippen molar-refractivity contribution in [3.05, 3.63) is 57.7 Å². The number of hydrogen-bond donors (Lipinski definition) is 1. The highest BCUT2D eigenvalue weighted by molar-refractivity contribution is 6.31. The maximum Gasteiger partial charge on any atom is 0.410 e. The van der Waals surface area contributed by atoms with E-state index in [2.05, 4.69) is 4.98 Å². The van der Waals surface area contributed by atoms with Gasteiger partial charge in [-0.2, -0.15) is 0 Å². The van der Waals surface area contributed by atoms with E-state index in [0.717, 1.165) is 24.8 Å². The molecule has 1 aliphatic carbocycles. The Morgan fingerprint density at radius 3 is 2.41 bits per heavy atom. The molecule has 3 aliphatic rings. The van der Waals surface area contributed by atoms with Crippen LogP contribution in [0.5, 0.6) is 0 Å². The largest absolute Gasteiger partial charge is 0.444 e. The molecule has 0 unspecified atom stereocenters. The van der Waals surface area contributed by atoms with E-state index in [-0.39, 0.29) is 41.7 Å². The molecule has 11 nitrogen and oxygen atoms in total. The second kappa shape index (κ2) is 12.0. The molecule has 1 saturated carbocycles. The van der Waals surface area contributed by atoms with Crippen LogP contribution >= 0.6 is 11.6 Å². The average Bonchev–Trinajstić information content (AvgIpc) is 3.33. The predicted molar refractivity (Wildman–Crippen MR) is 174 cm³/mol. The molecule has 0 bridgehead atoms. The van der Waals surface area contributed by atoms with Gasteiger partial charge in [-0.15, -0.1) is 0 Å². The lowest BCUT2D eigenvalue weighted by Gasteiger charge is -2.45. The number of hydrogen-bond acceptors (Lipinski definition) is 7. The fourth-order valence-corrected chi connectivity index (χ4v) is 7.08. The highest BCUT2D eigenvalue weighted by atomic mass is 35.5. The van der Waals surface area contributed by atoms with Crippen molar-refractivity contribution in [2.24, 2.45) is 5.41 Å². The van der Waals surface area contributed by atoms with Crippen LogP contribution in [0.3, 0.4) is 0 Å². The number of halogens is 1. The Morgan fingerprint density at radius 2 is 1.80 bits per heavy atom. The molecule has 2 saturated heterocycles. The fraction of sp³-hybridized carbons (Fsp3) is 0.588. The van der Waals surface area contributed by atoms with E-state index in [0.29, 0.717) is 61.0 Å². The topological polar surface area (TPSA) is 119 Å². The van der Waals surface area contributed by atoms with Crippen LogP contribution in [0.4, 0.5) is 4.79 Å². The summed E-state index contributed by atoms with van der Waals surface area (Å²) >= 11 is 6.67. The number of carbonyl (C=O) groups excluding carboxylic acids is 2. The number of amides is 2. The molecule has 0 spiro atoms. The summed E-state index contributed by atoms with van der Waals surface area (Å²) in [5, 5.41) is 12.1. The number of piperidine rings is 1. The lowest BCUT2D eigenvalue weighted by atomic mass is 9.69.